The molecular weight excluding hydrogens is 324 g/mol. The molecule has 3 N–H and O–H groups in total. The summed E-state index contributed by atoms with van der Waals surface area (Å²) in [4.78, 5) is 0. The average Bonchev–Trinajstić information content (AvgIpc) is 2.52. The van der Waals surface area contributed by atoms with E-state index in [-0.39, 0.29) is 6.04 Å². The van der Waals surface area contributed by atoms with Crippen LogP contribution in [0.2, 0.25) is 0 Å². The van der Waals surface area contributed by atoms with Crippen LogP contribution in [0.25, 0.3) is 10.8 Å². The lowest BCUT2D eigenvalue weighted by Gasteiger charge is -2.17. The van der Waals surface area contributed by atoms with Crippen molar-refractivity contribution >= 4 is 26.7 Å². The maximum absolute atomic E-state index is 5.77. The van der Waals surface area contributed by atoms with Crippen molar-refractivity contribution in [1.29, 1.82) is 0 Å². The fourth-order valence-corrected chi connectivity index (χ4v) is 3.04. The summed E-state index contributed by atoms with van der Waals surface area (Å²) in [6.07, 6.45) is 0.855. The molecule has 2 nitrogen and oxygen atoms in total. The van der Waals surface area contributed by atoms with E-state index < -0.39 is 0 Å². The molecule has 0 radical (unpaired) electrons. The van der Waals surface area contributed by atoms with Crippen LogP contribution in [0.4, 0.5) is 0 Å². The molecule has 0 amide bonds. The zero-order valence-corrected chi connectivity index (χ0v) is 13.2. The van der Waals surface area contributed by atoms with Crippen molar-refractivity contribution in [3.05, 3.63) is 82.3 Å². The van der Waals surface area contributed by atoms with E-state index in [4.69, 9.17) is 5.84 Å². The number of nitrogens with two attached hydrogens (primary N) is 1. The molecule has 3 aromatic rings. The van der Waals surface area contributed by atoms with Gasteiger partial charge in [0.05, 0.1) is 6.04 Å². The maximum Gasteiger partial charge on any atom is 0.0500 e. The highest BCUT2D eigenvalue weighted by Gasteiger charge is 2.11. The molecule has 0 aromatic heterocycles. The van der Waals surface area contributed by atoms with Gasteiger partial charge in [-0.25, -0.2) is 0 Å². The Morgan fingerprint density at radius 3 is 2.48 bits per heavy atom. The van der Waals surface area contributed by atoms with Crippen molar-refractivity contribution in [3.8, 4) is 0 Å². The zero-order chi connectivity index (χ0) is 14.7. The number of hydrogen-bond donors (Lipinski definition) is 2. The Hall–Kier alpha value is -1.68. The fourth-order valence-electron chi connectivity index (χ4n) is 2.60. The van der Waals surface area contributed by atoms with Gasteiger partial charge >= 0.3 is 0 Å². The van der Waals surface area contributed by atoms with E-state index in [1.807, 2.05) is 12.1 Å². The van der Waals surface area contributed by atoms with Crippen LogP contribution in [0.15, 0.2) is 71.2 Å². The van der Waals surface area contributed by atoms with Crippen LogP contribution in [0.3, 0.4) is 0 Å². The third kappa shape index (κ3) is 3.32. The summed E-state index contributed by atoms with van der Waals surface area (Å²) in [5.74, 6) is 5.77. The molecule has 3 aromatic carbocycles. The number of nitrogens with one attached hydrogen (secondary N) is 1. The third-order valence-electron chi connectivity index (χ3n) is 3.71. The van der Waals surface area contributed by atoms with E-state index >= 15 is 0 Å². The van der Waals surface area contributed by atoms with Gasteiger partial charge in [-0.1, -0.05) is 64.5 Å². The van der Waals surface area contributed by atoms with E-state index in [0.29, 0.717) is 0 Å². The van der Waals surface area contributed by atoms with Crippen LogP contribution < -0.4 is 11.3 Å². The molecule has 0 saturated heterocycles. The molecule has 0 heterocycles. The summed E-state index contributed by atoms with van der Waals surface area (Å²) in [6.45, 7) is 0. The topological polar surface area (TPSA) is 38.0 Å². The minimum Gasteiger partial charge on any atom is -0.271 e. The van der Waals surface area contributed by atoms with Crippen LogP contribution in [-0.2, 0) is 6.42 Å². The second kappa shape index (κ2) is 6.39. The Morgan fingerprint density at radius 2 is 1.71 bits per heavy atom. The highest BCUT2D eigenvalue weighted by Crippen LogP contribution is 2.23. The third-order valence-corrected chi connectivity index (χ3v) is 4.20. The van der Waals surface area contributed by atoms with Crippen LogP contribution in [-0.4, -0.2) is 0 Å². The van der Waals surface area contributed by atoms with Crippen LogP contribution in [0.1, 0.15) is 17.2 Å². The quantitative estimate of drug-likeness (QED) is 0.547. The lowest BCUT2D eigenvalue weighted by Crippen LogP contribution is -2.29. The lowest BCUT2D eigenvalue weighted by atomic mass is 9.97. The van der Waals surface area contributed by atoms with Crippen molar-refractivity contribution in [2.45, 2.75) is 12.5 Å². The van der Waals surface area contributed by atoms with E-state index in [9.17, 15) is 0 Å². The Labute approximate surface area is 133 Å². The molecule has 106 valence electrons. The van der Waals surface area contributed by atoms with Crippen LogP contribution in [0.5, 0.6) is 0 Å². The van der Waals surface area contributed by atoms with Gasteiger partial charge in [0.25, 0.3) is 0 Å². The minimum atomic E-state index is 0.101. The number of hydrazine groups is 1. The Morgan fingerprint density at radius 1 is 0.905 bits per heavy atom. The highest BCUT2D eigenvalue weighted by molar-refractivity contribution is 9.10. The molecule has 0 spiro atoms. The smallest absolute Gasteiger partial charge is 0.0500 e. The first-order valence-electron chi connectivity index (χ1n) is 6.95. The second-order valence-corrected chi connectivity index (χ2v) is 6.08. The molecule has 1 atom stereocenters. The van der Waals surface area contributed by atoms with E-state index in [0.717, 1.165) is 10.9 Å². The molecule has 21 heavy (non-hydrogen) atoms. The van der Waals surface area contributed by atoms with Crippen molar-refractivity contribution in [2.75, 3.05) is 0 Å². The molecular formula is C18H17BrN2. The second-order valence-electron chi connectivity index (χ2n) is 5.16. The fraction of sp³-hybridized carbons (Fsp3) is 0.111. The Kier molecular flexibility index (Phi) is 4.34. The van der Waals surface area contributed by atoms with Crippen molar-refractivity contribution in [1.82, 2.24) is 5.43 Å². The van der Waals surface area contributed by atoms with Crippen molar-refractivity contribution in [2.24, 2.45) is 5.84 Å². The molecule has 0 aliphatic rings. The first-order chi connectivity index (χ1) is 10.3. The minimum absolute atomic E-state index is 0.101. The van der Waals surface area contributed by atoms with Gasteiger partial charge in [-0.2, -0.15) is 0 Å². The molecule has 0 fully saturated rings. The molecule has 0 aliphatic carbocycles. The summed E-state index contributed by atoms with van der Waals surface area (Å²) < 4.78 is 1.09. The first-order valence-corrected chi connectivity index (χ1v) is 7.75. The predicted molar refractivity (Wildman–Crippen MR) is 91.9 cm³/mol. The number of halogens is 1. The van der Waals surface area contributed by atoms with E-state index in [2.05, 4.69) is 76.0 Å². The van der Waals surface area contributed by atoms with Gasteiger partial charge in [-0.15, -0.1) is 0 Å². The Balaban J connectivity index is 1.90. The highest BCUT2D eigenvalue weighted by atomic mass is 79.9. The Bertz CT molecular complexity index is 755. The number of fused-ring (bicyclic) bond motifs is 1. The van der Waals surface area contributed by atoms with Crippen molar-refractivity contribution < 1.29 is 0 Å². The monoisotopic (exact) mass is 340 g/mol. The average molecular weight is 341 g/mol. The summed E-state index contributed by atoms with van der Waals surface area (Å²) in [5.41, 5.74) is 5.39. The van der Waals surface area contributed by atoms with Gasteiger partial charge in [0.15, 0.2) is 0 Å². The molecule has 1 unspecified atom stereocenters. The van der Waals surface area contributed by atoms with Gasteiger partial charge in [-0.3, -0.25) is 11.3 Å². The number of rotatable bonds is 4. The predicted octanol–water partition coefficient (Wildman–Crippen LogP) is 4.35. The first kappa shape index (κ1) is 14.3. The standard InChI is InChI=1S/C18H17BrN2/c19-17-7-3-4-13(10-17)11-18(21-20)16-9-8-14-5-1-2-6-15(14)12-16/h1-10,12,18,21H,11,20H2. The summed E-state index contributed by atoms with van der Waals surface area (Å²) in [5, 5.41) is 2.49. The van der Waals surface area contributed by atoms with Crippen molar-refractivity contribution in [3.63, 3.8) is 0 Å². The van der Waals surface area contributed by atoms with Gasteiger partial charge in [0.2, 0.25) is 0 Å². The molecule has 3 heteroatoms. The van der Waals surface area contributed by atoms with E-state index in [1.165, 1.54) is 21.9 Å². The number of benzene rings is 3. The van der Waals surface area contributed by atoms with Gasteiger partial charge in [0.1, 0.15) is 0 Å². The molecule has 0 bridgehead atoms. The van der Waals surface area contributed by atoms with E-state index in [1.54, 1.807) is 0 Å². The van der Waals surface area contributed by atoms with Gasteiger partial charge in [0, 0.05) is 4.47 Å². The largest absolute Gasteiger partial charge is 0.271 e. The van der Waals surface area contributed by atoms with Crippen LogP contribution in [0, 0.1) is 0 Å². The summed E-state index contributed by atoms with van der Waals surface area (Å²) in [7, 11) is 0. The zero-order valence-electron chi connectivity index (χ0n) is 11.6. The molecule has 0 aliphatic heterocycles. The van der Waals surface area contributed by atoms with Gasteiger partial charge in [-0.05, 0) is 46.5 Å². The maximum atomic E-state index is 5.77. The normalized spacial score (nSPS) is 12.5. The van der Waals surface area contributed by atoms with Crippen LogP contribution >= 0.6 is 15.9 Å². The molecule has 3 rings (SSSR count). The number of hydrogen-bond acceptors (Lipinski definition) is 2. The summed E-state index contributed by atoms with van der Waals surface area (Å²) in [6, 6.07) is 23.3. The lowest BCUT2D eigenvalue weighted by molar-refractivity contribution is 0.552. The SMILES string of the molecule is NNC(Cc1cccc(Br)c1)c1ccc2ccccc2c1. The molecule has 0 saturated carbocycles. The van der Waals surface area contributed by atoms with Gasteiger partial charge < -0.3 is 0 Å². The summed E-state index contributed by atoms with van der Waals surface area (Å²) >= 11 is 3.51.